The van der Waals surface area contributed by atoms with Crippen LogP contribution in [0, 0.1) is 22.0 Å². The van der Waals surface area contributed by atoms with Crippen molar-refractivity contribution in [2.24, 2.45) is 11.8 Å². The Morgan fingerprint density at radius 3 is 2.67 bits per heavy atom. The number of hydrogen-bond acceptors (Lipinski definition) is 4. The van der Waals surface area contributed by atoms with Crippen molar-refractivity contribution in [1.82, 2.24) is 0 Å². The zero-order valence-electron chi connectivity index (χ0n) is 12.0. The minimum absolute atomic E-state index is 0.0273. The quantitative estimate of drug-likeness (QED) is 0.562. The highest BCUT2D eigenvalue weighted by Crippen LogP contribution is 2.32. The summed E-state index contributed by atoms with van der Waals surface area (Å²) in [4.78, 5) is 21.4. The first-order valence-electron chi connectivity index (χ1n) is 6.69. The van der Waals surface area contributed by atoms with Crippen LogP contribution in [0.5, 0.6) is 0 Å². The van der Waals surface area contributed by atoms with Crippen LogP contribution in [0.25, 0.3) is 0 Å². The largest absolute Gasteiger partial charge is 0.481 e. The Bertz CT molecular complexity index is 520. The van der Waals surface area contributed by atoms with Gasteiger partial charge in [-0.2, -0.15) is 0 Å². The molecule has 0 saturated heterocycles. The van der Waals surface area contributed by atoms with Crippen LogP contribution in [0.3, 0.4) is 0 Å². The molecule has 1 aromatic rings. The molecule has 0 saturated carbocycles. The van der Waals surface area contributed by atoms with E-state index in [1.54, 1.807) is 12.1 Å². The number of nitro benzene ring substituents is 1. The standard InChI is InChI=1S/C14H19ClN2O4/c1-9(2)6-10(7-13(18)19)8-16-12-5-3-4-11(15)14(12)17(20)21/h3-5,9-10,16H,6-8H2,1-2H3,(H,18,19). The minimum Gasteiger partial charge on any atom is -0.481 e. The average molecular weight is 315 g/mol. The zero-order chi connectivity index (χ0) is 16.0. The van der Waals surface area contributed by atoms with E-state index in [2.05, 4.69) is 5.32 Å². The van der Waals surface area contributed by atoms with Crippen LogP contribution in [0.15, 0.2) is 18.2 Å². The highest BCUT2D eigenvalue weighted by atomic mass is 35.5. The fourth-order valence-electron chi connectivity index (χ4n) is 2.25. The van der Waals surface area contributed by atoms with Crippen molar-refractivity contribution in [2.45, 2.75) is 26.7 Å². The third-order valence-electron chi connectivity index (χ3n) is 3.02. The molecule has 0 amide bonds. The van der Waals surface area contributed by atoms with Gasteiger partial charge in [-0.05, 0) is 30.4 Å². The number of nitrogens with one attached hydrogen (secondary N) is 1. The summed E-state index contributed by atoms with van der Waals surface area (Å²) in [6.07, 6.45) is 0.757. The van der Waals surface area contributed by atoms with Gasteiger partial charge >= 0.3 is 11.7 Å². The van der Waals surface area contributed by atoms with Gasteiger partial charge in [0.1, 0.15) is 10.7 Å². The molecule has 0 bridgehead atoms. The molecule has 2 N–H and O–H groups in total. The monoisotopic (exact) mass is 314 g/mol. The SMILES string of the molecule is CC(C)CC(CNc1cccc(Cl)c1[N+](=O)[O-])CC(=O)O. The number of halogens is 1. The van der Waals surface area contributed by atoms with E-state index in [0.717, 1.165) is 6.42 Å². The Kier molecular flexibility index (Phi) is 6.42. The van der Waals surface area contributed by atoms with Gasteiger partial charge < -0.3 is 10.4 Å². The number of carboxylic acid groups (broad SMARTS) is 1. The van der Waals surface area contributed by atoms with Crippen LogP contribution in [0.4, 0.5) is 11.4 Å². The molecule has 0 radical (unpaired) electrons. The Hall–Kier alpha value is -1.82. The molecule has 0 aliphatic heterocycles. The second-order valence-corrected chi connectivity index (χ2v) is 5.77. The molecule has 0 aliphatic rings. The Morgan fingerprint density at radius 1 is 1.48 bits per heavy atom. The average Bonchev–Trinajstić information content (AvgIpc) is 2.34. The molecule has 0 spiro atoms. The second-order valence-electron chi connectivity index (χ2n) is 5.37. The number of carboxylic acids is 1. The summed E-state index contributed by atoms with van der Waals surface area (Å²) in [5.74, 6) is -0.616. The Balaban J connectivity index is 2.82. The second kappa shape index (κ2) is 7.83. The third kappa shape index (κ3) is 5.59. The molecule has 1 atom stereocenters. The van der Waals surface area contributed by atoms with Gasteiger partial charge in [-0.15, -0.1) is 0 Å². The van der Waals surface area contributed by atoms with Gasteiger partial charge in [-0.25, -0.2) is 0 Å². The van der Waals surface area contributed by atoms with Gasteiger partial charge in [-0.3, -0.25) is 14.9 Å². The van der Waals surface area contributed by atoms with Crippen molar-refractivity contribution in [2.75, 3.05) is 11.9 Å². The molecule has 6 nitrogen and oxygen atoms in total. The first kappa shape index (κ1) is 17.2. The van der Waals surface area contributed by atoms with E-state index in [4.69, 9.17) is 16.7 Å². The fraction of sp³-hybridized carbons (Fsp3) is 0.500. The minimum atomic E-state index is -0.872. The highest BCUT2D eigenvalue weighted by molar-refractivity contribution is 6.33. The molecule has 21 heavy (non-hydrogen) atoms. The van der Waals surface area contributed by atoms with Crippen molar-refractivity contribution in [3.8, 4) is 0 Å². The molecule has 0 aromatic heterocycles. The van der Waals surface area contributed by atoms with Crippen molar-refractivity contribution in [3.05, 3.63) is 33.3 Å². The molecule has 0 aliphatic carbocycles. The number of rotatable bonds is 8. The smallest absolute Gasteiger partial charge is 0.310 e. The molecule has 116 valence electrons. The molecule has 0 fully saturated rings. The molecule has 1 rings (SSSR count). The van der Waals surface area contributed by atoms with Gasteiger partial charge in [-0.1, -0.05) is 31.5 Å². The van der Waals surface area contributed by atoms with Crippen LogP contribution in [-0.2, 0) is 4.79 Å². The van der Waals surface area contributed by atoms with Crippen molar-refractivity contribution < 1.29 is 14.8 Å². The van der Waals surface area contributed by atoms with Gasteiger partial charge in [0.2, 0.25) is 0 Å². The Labute approximate surface area is 128 Å². The summed E-state index contributed by atoms with van der Waals surface area (Å²) < 4.78 is 0. The maximum atomic E-state index is 11.0. The number of nitrogens with zero attached hydrogens (tertiary/aromatic N) is 1. The normalized spacial score (nSPS) is 12.2. The van der Waals surface area contributed by atoms with Crippen LogP contribution < -0.4 is 5.32 Å². The van der Waals surface area contributed by atoms with E-state index in [1.165, 1.54) is 6.07 Å². The third-order valence-corrected chi connectivity index (χ3v) is 3.32. The van der Waals surface area contributed by atoms with Crippen molar-refractivity contribution in [3.63, 3.8) is 0 Å². The number of hydrogen-bond donors (Lipinski definition) is 2. The lowest BCUT2D eigenvalue weighted by atomic mass is 9.94. The molecule has 7 heteroatoms. The van der Waals surface area contributed by atoms with Gasteiger partial charge in [0.05, 0.1) is 4.92 Å². The zero-order valence-corrected chi connectivity index (χ0v) is 12.8. The molecular weight excluding hydrogens is 296 g/mol. The number of anilines is 1. The van der Waals surface area contributed by atoms with Crippen molar-refractivity contribution >= 4 is 28.9 Å². The van der Waals surface area contributed by atoms with Gasteiger partial charge in [0.15, 0.2) is 0 Å². The van der Waals surface area contributed by atoms with E-state index in [1.807, 2.05) is 13.8 Å². The van der Waals surface area contributed by atoms with Gasteiger partial charge in [0.25, 0.3) is 0 Å². The molecule has 1 unspecified atom stereocenters. The summed E-state index contributed by atoms with van der Waals surface area (Å²) in [6.45, 7) is 4.37. The number of aliphatic carboxylic acids is 1. The summed E-state index contributed by atoms with van der Waals surface area (Å²) in [5.41, 5.74) is 0.129. The van der Waals surface area contributed by atoms with Crippen LogP contribution in [0.2, 0.25) is 5.02 Å². The van der Waals surface area contributed by atoms with Crippen molar-refractivity contribution in [1.29, 1.82) is 0 Å². The topological polar surface area (TPSA) is 92.5 Å². The number of para-hydroxylation sites is 1. The first-order valence-corrected chi connectivity index (χ1v) is 7.07. The van der Waals surface area contributed by atoms with E-state index in [9.17, 15) is 14.9 Å². The lowest BCUT2D eigenvalue weighted by Gasteiger charge is -2.18. The fourth-order valence-corrected chi connectivity index (χ4v) is 2.49. The molecule has 1 aromatic carbocycles. The maximum absolute atomic E-state index is 11.0. The van der Waals surface area contributed by atoms with E-state index < -0.39 is 10.9 Å². The lowest BCUT2D eigenvalue weighted by Crippen LogP contribution is -2.20. The number of benzene rings is 1. The summed E-state index contributed by atoms with van der Waals surface area (Å²) >= 11 is 5.83. The summed E-state index contributed by atoms with van der Waals surface area (Å²) in [5, 5.41) is 23.0. The summed E-state index contributed by atoms with van der Waals surface area (Å²) in [6, 6.07) is 4.64. The van der Waals surface area contributed by atoms with Crippen LogP contribution >= 0.6 is 11.6 Å². The lowest BCUT2D eigenvalue weighted by molar-refractivity contribution is -0.383. The highest BCUT2D eigenvalue weighted by Gasteiger charge is 2.20. The molecule has 0 heterocycles. The number of carbonyl (C=O) groups is 1. The van der Waals surface area contributed by atoms with E-state index >= 15 is 0 Å². The molecular formula is C14H19ClN2O4. The van der Waals surface area contributed by atoms with Crippen LogP contribution in [0.1, 0.15) is 26.7 Å². The maximum Gasteiger partial charge on any atom is 0.310 e. The predicted molar refractivity (Wildman–Crippen MR) is 81.8 cm³/mol. The number of nitro groups is 1. The Morgan fingerprint density at radius 2 is 2.14 bits per heavy atom. The van der Waals surface area contributed by atoms with Crippen LogP contribution in [-0.4, -0.2) is 22.5 Å². The predicted octanol–water partition coefficient (Wildman–Crippen LogP) is 3.80. The van der Waals surface area contributed by atoms with Gasteiger partial charge in [0, 0.05) is 13.0 Å². The summed E-state index contributed by atoms with van der Waals surface area (Å²) in [7, 11) is 0. The first-order chi connectivity index (χ1) is 9.81. The van der Waals surface area contributed by atoms with E-state index in [0.29, 0.717) is 18.2 Å². The van der Waals surface area contributed by atoms with E-state index in [-0.39, 0.29) is 23.0 Å².